The molecule has 0 spiro atoms. The Labute approximate surface area is 118 Å². The first-order valence-electron chi connectivity index (χ1n) is 6.55. The van der Waals surface area contributed by atoms with Crippen LogP contribution in [0.15, 0.2) is 24.4 Å². The molecule has 1 heterocycles. The van der Waals surface area contributed by atoms with Crippen LogP contribution in [0.2, 0.25) is 0 Å². The zero-order valence-electron chi connectivity index (χ0n) is 11.8. The van der Waals surface area contributed by atoms with E-state index in [1.807, 2.05) is 25.1 Å². The molecule has 20 heavy (non-hydrogen) atoms. The molecule has 0 unspecified atom stereocenters. The van der Waals surface area contributed by atoms with E-state index in [4.69, 9.17) is 10.5 Å². The number of ether oxygens (including phenoxy) is 1. The number of carbonyl (C=O) groups is 1. The summed E-state index contributed by atoms with van der Waals surface area (Å²) in [5.41, 5.74) is 8.08. The van der Waals surface area contributed by atoms with Crippen molar-refractivity contribution in [3.05, 3.63) is 35.7 Å². The van der Waals surface area contributed by atoms with Crippen molar-refractivity contribution in [3.8, 4) is 0 Å². The predicted octanol–water partition coefficient (Wildman–Crippen LogP) is 1.89. The van der Waals surface area contributed by atoms with Gasteiger partial charge in [0.2, 0.25) is 0 Å². The van der Waals surface area contributed by atoms with Crippen LogP contribution in [-0.4, -0.2) is 31.2 Å². The van der Waals surface area contributed by atoms with Crippen LogP contribution in [-0.2, 0) is 4.74 Å². The molecule has 0 saturated carbocycles. The number of fused-ring (bicyclic) bond motifs is 1. The Hall–Kier alpha value is -2.14. The van der Waals surface area contributed by atoms with Crippen LogP contribution in [0.3, 0.4) is 0 Å². The van der Waals surface area contributed by atoms with Gasteiger partial charge >= 0.3 is 0 Å². The Bertz CT molecular complexity index is 626. The maximum absolute atomic E-state index is 12.2. The fourth-order valence-electron chi connectivity index (χ4n) is 2.15. The van der Waals surface area contributed by atoms with Gasteiger partial charge in [-0.05, 0) is 37.1 Å². The second-order valence-corrected chi connectivity index (χ2v) is 4.71. The lowest BCUT2D eigenvalue weighted by Crippen LogP contribution is -2.26. The van der Waals surface area contributed by atoms with Gasteiger partial charge in [0.25, 0.3) is 5.91 Å². The van der Waals surface area contributed by atoms with Gasteiger partial charge in [-0.2, -0.15) is 0 Å². The molecule has 5 heteroatoms. The Morgan fingerprint density at radius 3 is 2.95 bits per heavy atom. The Kier molecular flexibility index (Phi) is 4.53. The molecule has 0 aliphatic rings. The fraction of sp³-hybridized carbons (Fsp3) is 0.333. The summed E-state index contributed by atoms with van der Waals surface area (Å²) < 4.78 is 4.95. The lowest BCUT2D eigenvalue weighted by atomic mass is 10.0. The molecule has 0 fully saturated rings. The van der Waals surface area contributed by atoms with E-state index >= 15 is 0 Å². The first kappa shape index (κ1) is 14.3. The van der Waals surface area contributed by atoms with Crippen molar-refractivity contribution in [2.75, 3.05) is 26.0 Å². The molecule has 0 atom stereocenters. The van der Waals surface area contributed by atoms with Crippen molar-refractivity contribution in [2.24, 2.45) is 0 Å². The molecule has 1 aromatic carbocycles. The van der Waals surface area contributed by atoms with Crippen LogP contribution in [0.4, 0.5) is 5.69 Å². The van der Waals surface area contributed by atoms with Gasteiger partial charge in [-0.15, -0.1) is 0 Å². The van der Waals surface area contributed by atoms with Crippen molar-refractivity contribution in [2.45, 2.75) is 13.3 Å². The van der Waals surface area contributed by atoms with Gasteiger partial charge in [-0.3, -0.25) is 9.78 Å². The third kappa shape index (κ3) is 3.05. The second-order valence-electron chi connectivity index (χ2n) is 4.71. The molecule has 0 radical (unpaired) electrons. The van der Waals surface area contributed by atoms with Gasteiger partial charge in [0.05, 0.1) is 0 Å². The molecule has 0 aliphatic heterocycles. The number of nitrogens with two attached hydrogens (primary N) is 1. The van der Waals surface area contributed by atoms with Crippen molar-refractivity contribution in [1.82, 2.24) is 10.3 Å². The van der Waals surface area contributed by atoms with Crippen molar-refractivity contribution >= 4 is 22.4 Å². The van der Waals surface area contributed by atoms with E-state index < -0.39 is 0 Å². The molecule has 0 saturated heterocycles. The fourth-order valence-corrected chi connectivity index (χ4v) is 2.15. The maximum atomic E-state index is 12.2. The number of nitrogens with zero attached hydrogens (tertiary/aromatic N) is 1. The Balaban J connectivity index is 2.27. The van der Waals surface area contributed by atoms with Crippen molar-refractivity contribution in [1.29, 1.82) is 0 Å². The number of hydrogen-bond donors (Lipinski definition) is 2. The molecule has 1 aromatic heterocycles. The van der Waals surface area contributed by atoms with Crippen LogP contribution in [0.1, 0.15) is 22.5 Å². The number of carbonyl (C=O) groups excluding carboxylic acids is 1. The van der Waals surface area contributed by atoms with Crippen LogP contribution < -0.4 is 11.1 Å². The minimum atomic E-state index is -0.184. The summed E-state index contributed by atoms with van der Waals surface area (Å²) in [4.78, 5) is 16.4. The number of anilines is 1. The lowest BCUT2D eigenvalue weighted by Gasteiger charge is -2.09. The van der Waals surface area contributed by atoms with Gasteiger partial charge in [0.1, 0.15) is 5.69 Å². The highest BCUT2D eigenvalue weighted by atomic mass is 16.5. The highest BCUT2D eigenvalue weighted by Crippen LogP contribution is 2.24. The molecule has 106 valence electrons. The summed E-state index contributed by atoms with van der Waals surface area (Å²) in [6.45, 7) is 3.13. The predicted molar refractivity (Wildman–Crippen MR) is 79.7 cm³/mol. The second kappa shape index (κ2) is 6.34. The largest absolute Gasteiger partial charge is 0.398 e. The number of nitrogen functional groups attached to an aromatic ring is 1. The number of aryl methyl sites for hydroxylation is 1. The average Bonchev–Trinajstić information content (AvgIpc) is 2.42. The number of amides is 1. The number of aromatic nitrogens is 1. The highest BCUT2D eigenvalue weighted by Gasteiger charge is 2.12. The summed E-state index contributed by atoms with van der Waals surface area (Å²) in [6, 6.07) is 5.65. The summed E-state index contributed by atoms with van der Waals surface area (Å²) >= 11 is 0. The van der Waals surface area contributed by atoms with Crippen molar-refractivity contribution in [3.63, 3.8) is 0 Å². The molecule has 0 bridgehead atoms. The Morgan fingerprint density at radius 1 is 1.40 bits per heavy atom. The van der Waals surface area contributed by atoms with E-state index in [9.17, 15) is 4.79 Å². The molecule has 0 aliphatic carbocycles. The SMILES string of the molecule is COCCCNC(=O)c1nccc2c(N)cc(C)cc12. The molecular weight excluding hydrogens is 254 g/mol. The van der Waals surface area contributed by atoms with Gasteiger partial charge in [-0.1, -0.05) is 0 Å². The van der Waals surface area contributed by atoms with E-state index in [1.165, 1.54) is 0 Å². The first-order valence-corrected chi connectivity index (χ1v) is 6.55. The van der Waals surface area contributed by atoms with E-state index in [0.29, 0.717) is 24.5 Å². The zero-order chi connectivity index (χ0) is 14.5. The monoisotopic (exact) mass is 273 g/mol. The number of benzene rings is 1. The minimum Gasteiger partial charge on any atom is -0.398 e. The number of methoxy groups -OCH3 is 1. The Morgan fingerprint density at radius 2 is 2.20 bits per heavy atom. The molecule has 5 nitrogen and oxygen atoms in total. The summed E-state index contributed by atoms with van der Waals surface area (Å²) in [5.74, 6) is -0.184. The van der Waals surface area contributed by atoms with E-state index in [0.717, 1.165) is 22.8 Å². The summed E-state index contributed by atoms with van der Waals surface area (Å²) in [5, 5.41) is 4.48. The molecule has 3 N–H and O–H groups in total. The van der Waals surface area contributed by atoms with E-state index in [-0.39, 0.29) is 5.91 Å². The number of rotatable bonds is 5. The maximum Gasteiger partial charge on any atom is 0.270 e. The highest BCUT2D eigenvalue weighted by molar-refractivity contribution is 6.08. The van der Waals surface area contributed by atoms with Gasteiger partial charge < -0.3 is 15.8 Å². The standard InChI is InChI=1S/C15H19N3O2/c1-10-8-12-11(13(16)9-10)4-6-17-14(12)15(19)18-5-3-7-20-2/h4,6,8-9H,3,5,7,16H2,1-2H3,(H,18,19). The first-order chi connectivity index (χ1) is 9.63. The third-order valence-electron chi connectivity index (χ3n) is 3.08. The van der Waals surface area contributed by atoms with Crippen LogP contribution >= 0.6 is 0 Å². The zero-order valence-corrected chi connectivity index (χ0v) is 11.8. The quantitative estimate of drug-likeness (QED) is 0.644. The molecule has 2 rings (SSSR count). The summed E-state index contributed by atoms with van der Waals surface area (Å²) in [7, 11) is 1.64. The lowest BCUT2D eigenvalue weighted by molar-refractivity contribution is 0.0945. The average molecular weight is 273 g/mol. The number of nitrogens with one attached hydrogen (secondary N) is 1. The van der Waals surface area contributed by atoms with Crippen LogP contribution in [0, 0.1) is 6.92 Å². The van der Waals surface area contributed by atoms with Crippen LogP contribution in [0.25, 0.3) is 10.8 Å². The molecule has 2 aromatic rings. The number of pyridine rings is 1. The topological polar surface area (TPSA) is 77.2 Å². The van der Waals surface area contributed by atoms with Crippen molar-refractivity contribution < 1.29 is 9.53 Å². The smallest absolute Gasteiger partial charge is 0.270 e. The molecule has 1 amide bonds. The van der Waals surface area contributed by atoms with E-state index in [1.54, 1.807) is 13.3 Å². The normalized spacial score (nSPS) is 10.7. The van der Waals surface area contributed by atoms with Crippen LogP contribution in [0.5, 0.6) is 0 Å². The summed E-state index contributed by atoms with van der Waals surface area (Å²) in [6.07, 6.45) is 2.38. The van der Waals surface area contributed by atoms with E-state index in [2.05, 4.69) is 10.3 Å². The molecular formula is C15H19N3O2. The number of hydrogen-bond acceptors (Lipinski definition) is 4. The van der Waals surface area contributed by atoms with Gasteiger partial charge in [-0.25, -0.2) is 0 Å². The van der Waals surface area contributed by atoms with Gasteiger partial charge in [0, 0.05) is 42.9 Å². The third-order valence-corrected chi connectivity index (χ3v) is 3.08. The minimum absolute atomic E-state index is 0.184. The van der Waals surface area contributed by atoms with Gasteiger partial charge in [0.15, 0.2) is 0 Å².